The summed E-state index contributed by atoms with van der Waals surface area (Å²) in [4.78, 5) is 26.5. The van der Waals surface area contributed by atoms with Crippen molar-refractivity contribution >= 4 is 33.2 Å². The number of amides is 2. The van der Waals surface area contributed by atoms with Crippen LogP contribution in [0.25, 0.3) is 0 Å². The van der Waals surface area contributed by atoms with Crippen LogP contribution in [0.1, 0.15) is 44.8 Å². The third-order valence-electron chi connectivity index (χ3n) is 6.98. The third kappa shape index (κ3) is 6.99. The number of nitrogens with one attached hydrogen (secondary N) is 2. The van der Waals surface area contributed by atoms with E-state index in [4.69, 9.17) is 0 Å². The second kappa shape index (κ2) is 13.2. The van der Waals surface area contributed by atoms with Gasteiger partial charge in [0.05, 0.1) is 34.4 Å². The molecule has 2 amide bonds. The molecule has 5 rings (SSSR count). The molecule has 5 aromatic carbocycles. The number of carbonyl (C=O) groups excluding carboxylic acids is 2. The summed E-state index contributed by atoms with van der Waals surface area (Å²) >= 11 is 0. The van der Waals surface area contributed by atoms with Crippen molar-refractivity contribution in [3.05, 3.63) is 162 Å². The molecule has 0 aliphatic carbocycles. The van der Waals surface area contributed by atoms with Gasteiger partial charge in [-0.3, -0.25) is 13.9 Å². The van der Waals surface area contributed by atoms with Crippen molar-refractivity contribution in [1.82, 2.24) is 5.32 Å². The van der Waals surface area contributed by atoms with Gasteiger partial charge in [-0.1, -0.05) is 91.0 Å². The van der Waals surface area contributed by atoms with E-state index in [1.54, 1.807) is 103 Å². The van der Waals surface area contributed by atoms with Crippen LogP contribution in [-0.4, -0.2) is 20.2 Å². The van der Waals surface area contributed by atoms with Gasteiger partial charge in [-0.15, -0.1) is 0 Å². The van der Waals surface area contributed by atoms with Crippen molar-refractivity contribution in [2.75, 3.05) is 9.62 Å². The van der Waals surface area contributed by atoms with Gasteiger partial charge in [-0.05, 0) is 66.6 Å². The van der Waals surface area contributed by atoms with E-state index in [0.717, 1.165) is 5.56 Å². The summed E-state index contributed by atoms with van der Waals surface area (Å²) in [6.45, 7) is 1.98. The molecule has 0 aliphatic rings. The van der Waals surface area contributed by atoms with Crippen molar-refractivity contribution in [2.24, 2.45) is 0 Å². The Bertz CT molecular complexity index is 1800. The molecule has 0 saturated carbocycles. The smallest absolute Gasteiger partial charge is 0.264 e. The predicted octanol–water partition coefficient (Wildman–Crippen LogP) is 6.83. The Labute approximate surface area is 251 Å². The molecule has 7 nitrogen and oxygen atoms in total. The molecule has 0 unspecified atom stereocenters. The number of rotatable bonds is 10. The molecule has 0 aromatic heterocycles. The lowest BCUT2D eigenvalue weighted by atomic mass is 10.1. The highest BCUT2D eigenvalue weighted by molar-refractivity contribution is 7.92. The first kappa shape index (κ1) is 29.3. The fraction of sp³-hybridized carbons (Fsp3) is 0.0857. The van der Waals surface area contributed by atoms with Crippen molar-refractivity contribution < 1.29 is 18.0 Å². The molecule has 0 radical (unpaired) electrons. The molecule has 1 atom stereocenters. The molecule has 216 valence electrons. The first-order valence-corrected chi connectivity index (χ1v) is 15.2. The number of carbonyl (C=O) groups is 2. The van der Waals surface area contributed by atoms with E-state index in [0.29, 0.717) is 28.1 Å². The highest BCUT2D eigenvalue weighted by Crippen LogP contribution is 2.26. The summed E-state index contributed by atoms with van der Waals surface area (Å²) in [5, 5.41) is 5.83. The molecule has 2 N–H and O–H groups in total. The van der Waals surface area contributed by atoms with Gasteiger partial charge in [0, 0.05) is 5.56 Å². The lowest BCUT2D eigenvalue weighted by Crippen LogP contribution is -2.30. The minimum Gasteiger partial charge on any atom is -0.345 e. The summed E-state index contributed by atoms with van der Waals surface area (Å²) in [7, 11) is -3.84. The summed E-state index contributed by atoms with van der Waals surface area (Å²) in [6, 6.07) is 40.2. The SMILES string of the molecule is C[C@H](NC(=O)c1ccccc1NC(=O)c1ccc(CN(c2ccccc2)S(=O)(=O)c2ccccc2)cc1)c1ccccc1. The van der Waals surface area contributed by atoms with Gasteiger partial charge >= 0.3 is 0 Å². The summed E-state index contributed by atoms with van der Waals surface area (Å²) in [6.07, 6.45) is 0. The number of hydrogen-bond donors (Lipinski definition) is 2. The molecule has 8 heteroatoms. The van der Waals surface area contributed by atoms with Crippen LogP contribution < -0.4 is 14.9 Å². The van der Waals surface area contributed by atoms with Crippen LogP contribution in [0.15, 0.2) is 144 Å². The molecule has 0 saturated heterocycles. The Morgan fingerprint density at radius 2 is 1.23 bits per heavy atom. The first-order valence-electron chi connectivity index (χ1n) is 13.8. The number of para-hydroxylation sites is 2. The number of benzene rings is 5. The third-order valence-corrected chi connectivity index (χ3v) is 8.77. The normalized spacial score (nSPS) is 11.7. The first-order chi connectivity index (χ1) is 20.8. The average Bonchev–Trinajstić information content (AvgIpc) is 3.05. The van der Waals surface area contributed by atoms with E-state index >= 15 is 0 Å². The number of hydrogen-bond acceptors (Lipinski definition) is 4. The molecule has 0 spiro atoms. The van der Waals surface area contributed by atoms with Crippen LogP contribution in [0.2, 0.25) is 0 Å². The Kier molecular flexibility index (Phi) is 8.98. The van der Waals surface area contributed by atoms with Gasteiger partial charge in [0.2, 0.25) is 0 Å². The predicted molar refractivity (Wildman–Crippen MR) is 169 cm³/mol. The van der Waals surface area contributed by atoms with E-state index in [1.807, 2.05) is 43.3 Å². The van der Waals surface area contributed by atoms with Gasteiger partial charge in [0.15, 0.2) is 0 Å². The van der Waals surface area contributed by atoms with Crippen LogP contribution in [0, 0.1) is 0 Å². The van der Waals surface area contributed by atoms with Crippen LogP contribution in [0.4, 0.5) is 11.4 Å². The van der Waals surface area contributed by atoms with E-state index in [9.17, 15) is 18.0 Å². The van der Waals surface area contributed by atoms with Crippen LogP contribution >= 0.6 is 0 Å². The molecule has 0 bridgehead atoms. The second-order valence-electron chi connectivity index (χ2n) is 9.96. The van der Waals surface area contributed by atoms with Gasteiger partial charge in [-0.25, -0.2) is 8.42 Å². The minimum absolute atomic E-state index is 0.0751. The number of anilines is 2. The average molecular weight is 590 g/mol. The van der Waals surface area contributed by atoms with Gasteiger partial charge in [0.25, 0.3) is 21.8 Å². The molecular weight excluding hydrogens is 558 g/mol. The van der Waals surface area contributed by atoms with Crippen LogP contribution in [-0.2, 0) is 16.6 Å². The zero-order valence-electron chi connectivity index (χ0n) is 23.6. The monoisotopic (exact) mass is 589 g/mol. The fourth-order valence-corrected chi connectivity index (χ4v) is 6.11. The quantitative estimate of drug-likeness (QED) is 0.187. The summed E-state index contributed by atoms with van der Waals surface area (Å²) < 4.78 is 28.5. The van der Waals surface area contributed by atoms with E-state index in [1.165, 1.54) is 4.31 Å². The summed E-state index contributed by atoms with van der Waals surface area (Å²) in [5.74, 6) is -0.692. The molecule has 43 heavy (non-hydrogen) atoms. The lowest BCUT2D eigenvalue weighted by molar-refractivity contribution is 0.0940. The number of nitrogens with zero attached hydrogens (tertiary/aromatic N) is 1. The van der Waals surface area contributed by atoms with Crippen molar-refractivity contribution in [2.45, 2.75) is 24.4 Å². The highest BCUT2D eigenvalue weighted by atomic mass is 32.2. The molecule has 0 heterocycles. The van der Waals surface area contributed by atoms with Gasteiger partial charge in [0.1, 0.15) is 0 Å². The minimum atomic E-state index is -3.84. The van der Waals surface area contributed by atoms with Gasteiger partial charge < -0.3 is 10.6 Å². The van der Waals surface area contributed by atoms with Crippen molar-refractivity contribution in [3.63, 3.8) is 0 Å². The van der Waals surface area contributed by atoms with Crippen LogP contribution in [0.5, 0.6) is 0 Å². The van der Waals surface area contributed by atoms with Crippen LogP contribution in [0.3, 0.4) is 0 Å². The molecule has 0 aliphatic heterocycles. The largest absolute Gasteiger partial charge is 0.345 e. The lowest BCUT2D eigenvalue weighted by Gasteiger charge is -2.25. The number of sulfonamides is 1. The van der Waals surface area contributed by atoms with Crippen molar-refractivity contribution in [1.29, 1.82) is 0 Å². The standard InChI is InChI=1S/C35H31N3O4S/c1-26(28-13-5-2-6-14-28)36-35(40)32-19-11-12-20-33(32)37-34(39)29-23-21-27(22-24-29)25-38(30-15-7-3-8-16-30)43(41,42)31-17-9-4-10-18-31/h2-24,26H,25H2,1H3,(H,36,40)(H,37,39)/t26-/m0/s1. The van der Waals surface area contributed by atoms with Crippen molar-refractivity contribution in [3.8, 4) is 0 Å². The topological polar surface area (TPSA) is 95.6 Å². The Hall–Kier alpha value is -5.21. The second-order valence-corrected chi connectivity index (χ2v) is 11.8. The molecule has 5 aromatic rings. The fourth-order valence-electron chi connectivity index (χ4n) is 4.64. The Balaban J connectivity index is 1.31. The molecular formula is C35H31N3O4S. The maximum absolute atomic E-state index is 13.6. The van der Waals surface area contributed by atoms with Gasteiger partial charge in [-0.2, -0.15) is 0 Å². The summed E-state index contributed by atoms with van der Waals surface area (Å²) in [5.41, 5.74) is 3.31. The Morgan fingerprint density at radius 3 is 1.88 bits per heavy atom. The Morgan fingerprint density at radius 1 is 0.674 bits per heavy atom. The zero-order chi connectivity index (χ0) is 30.2. The van der Waals surface area contributed by atoms with E-state index in [-0.39, 0.29) is 29.3 Å². The maximum atomic E-state index is 13.6. The molecule has 0 fully saturated rings. The maximum Gasteiger partial charge on any atom is 0.264 e. The zero-order valence-corrected chi connectivity index (χ0v) is 24.4. The van der Waals surface area contributed by atoms with E-state index in [2.05, 4.69) is 10.6 Å². The highest BCUT2D eigenvalue weighted by Gasteiger charge is 2.25. The van der Waals surface area contributed by atoms with E-state index < -0.39 is 10.0 Å².